The van der Waals surface area contributed by atoms with Gasteiger partial charge in [0.15, 0.2) is 0 Å². The zero-order chi connectivity index (χ0) is 55.8. The second-order valence-corrected chi connectivity index (χ2v) is 21.4. The fraction of sp³-hybridized carbons (Fsp3) is 0.278. The Hall–Kier alpha value is -8.36. The van der Waals surface area contributed by atoms with Crippen molar-refractivity contribution in [1.82, 2.24) is 0 Å². The summed E-state index contributed by atoms with van der Waals surface area (Å²) >= 11 is 0. The second-order valence-electron chi connectivity index (χ2n) is 21.4. The van der Waals surface area contributed by atoms with Crippen LogP contribution in [-0.4, -0.2) is 22.8 Å². The van der Waals surface area contributed by atoms with Gasteiger partial charge >= 0.3 is 0 Å². The number of ether oxygens (including phenoxy) is 4. The molecule has 8 bridgehead atoms. The molecule has 8 heteroatoms. The summed E-state index contributed by atoms with van der Waals surface area (Å²) in [5.41, 5.74) is 12.4. The zero-order valence-corrected chi connectivity index (χ0v) is 47.9. The maximum Gasteiger partial charge on any atom is 0.134 e. The molecule has 5 aliphatic rings. The molecule has 4 unspecified atom stereocenters. The SMILES string of the molecule is CCC(C)CC=COc1ccccc1C1=CC2=CC3=NC(=CC4=NC(=CC5=NC(=C(c6ccccc6OC=CCC(C)CC)C1=N2)C(c1ccccc1OC=CCC(C)CC)=C5c1ccccc1OC=CCC(C)CC)C=C4)C=C3. The van der Waals surface area contributed by atoms with Gasteiger partial charge in [-0.2, -0.15) is 0 Å². The van der Waals surface area contributed by atoms with Crippen LogP contribution in [-0.2, 0) is 0 Å². The summed E-state index contributed by atoms with van der Waals surface area (Å²) in [4.78, 5) is 21.8. The first-order valence-corrected chi connectivity index (χ1v) is 28.9. The van der Waals surface area contributed by atoms with Crippen LogP contribution in [0.2, 0.25) is 0 Å². The van der Waals surface area contributed by atoms with Crippen LogP contribution >= 0.6 is 0 Å². The van der Waals surface area contributed by atoms with Gasteiger partial charge in [0.1, 0.15) is 23.0 Å². The van der Waals surface area contributed by atoms with E-state index < -0.39 is 0 Å². The summed E-state index contributed by atoms with van der Waals surface area (Å²) in [7, 11) is 0. The number of nitrogens with zero attached hydrogens (tertiary/aromatic N) is 4. The topological polar surface area (TPSA) is 86.4 Å². The summed E-state index contributed by atoms with van der Waals surface area (Å²) < 4.78 is 27.0. The standard InChI is InChI=1S/C72H76N4O4/c1-9-49(5)25-21-41-77-64-33-17-13-29-58(64)62-47-57-46-55-38-37-53(73-55)45-54-39-40-56(74-54)48-63-68(59-30-14-18-34-65(59)78-42-22-26-50(6)10-2)69(60-31-15-19-35-66(60)79-43-23-27-51(7)11-3)72(76-63)70(71(62)75-57)61-32-16-20-36-67(61)80-44-24-28-52(8)12-4/h13-24,29-52H,9-12,25-28H2,1-8H3. The normalized spacial score (nSPS) is 17.4. The molecule has 0 aromatic heterocycles. The predicted octanol–water partition coefficient (Wildman–Crippen LogP) is 19.0. The maximum atomic E-state index is 6.81. The highest BCUT2D eigenvalue weighted by Gasteiger charge is 2.36. The third kappa shape index (κ3) is 13.9. The third-order valence-electron chi connectivity index (χ3n) is 15.2. The molecule has 4 aromatic carbocycles. The van der Waals surface area contributed by atoms with Crippen molar-refractivity contribution in [3.63, 3.8) is 0 Å². The molecule has 8 nitrogen and oxygen atoms in total. The quantitative estimate of drug-likeness (QED) is 0.0654. The van der Waals surface area contributed by atoms with E-state index in [4.69, 9.17) is 38.9 Å². The largest absolute Gasteiger partial charge is 0.465 e. The van der Waals surface area contributed by atoms with Crippen molar-refractivity contribution in [2.75, 3.05) is 0 Å². The van der Waals surface area contributed by atoms with Crippen molar-refractivity contribution in [3.05, 3.63) is 240 Å². The molecule has 5 aliphatic heterocycles. The Morgan fingerprint density at radius 3 is 1.20 bits per heavy atom. The van der Waals surface area contributed by atoms with Crippen LogP contribution in [0.3, 0.4) is 0 Å². The van der Waals surface area contributed by atoms with Crippen LogP contribution in [0.15, 0.2) is 238 Å². The van der Waals surface area contributed by atoms with E-state index in [1.165, 1.54) is 0 Å². The molecule has 0 amide bonds. The highest BCUT2D eigenvalue weighted by atomic mass is 16.5. The van der Waals surface area contributed by atoms with E-state index in [1.54, 1.807) is 0 Å². The number of rotatable bonds is 24. The van der Waals surface area contributed by atoms with Gasteiger partial charge in [-0.05, 0) is 147 Å². The Balaban J connectivity index is 1.40. The Bertz CT molecular complexity index is 3450. The average molecular weight is 1060 g/mol. The smallest absolute Gasteiger partial charge is 0.134 e. The zero-order valence-electron chi connectivity index (χ0n) is 47.9. The van der Waals surface area contributed by atoms with Gasteiger partial charge in [-0.3, -0.25) is 0 Å². The number of allylic oxidation sites excluding steroid dienone is 16. The molecule has 0 spiro atoms. The first-order valence-electron chi connectivity index (χ1n) is 28.9. The van der Waals surface area contributed by atoms with E-state index in [2.05, 4.69) is 140 Å². The lowest BCUT2D eigenvalue weighted by Gasteiger charge is -2.21. The first-order chi connectivity index (χ1) is 39.1. The molecule has 4 atom stereocenters. The van der Waals surface area contributed by atoms with Gasteiger partial charge < -0.3 is 18.9 Å². The summed E-state index contributed by atoms with van der Waals surface area (Å²) in [5, 5.41) is 0. The Morgan fingerprint density at radius 1 is 0.375 bits per heavy atom. The lowest BCUT2D eigenvalue weighted by molar-refractivity contribution is 0.470. The molecule has 0 N–H and O–H groups in total. The predicted molar refractivity (Wildman–Crippen MR) is 335 cm³/mol. The van der Waals surface area contributed by atoms with E-state index >= 15 is 0 Å². The number of aliphatic imine (C=N–C) groups is 4. The van der Waals surface area contributed by atoms with Gasteiger partial charge in [0.25, 0.3) is 0 Å². The van der Waals surface area contributed by atoms with Crippen LogP contribution in [0, 0.1) is 23.7 Å². The molecular weight excluding hydrogens is 985 g/mol. The minimum absolute atomic E-state index is 0.503. The van der Waals surface area contributed by atoms with Crippen molar-refractivity contribution >= 4 is 45.1 Å². The number of fused-ring (bicyclic) bond motifs is 4. The Morgan fingerprint density at radius 2 is 0.750 bits per heavy atom. The van der Waals surface area contributed by atoms with E-state index in [1.807, 2.05) is 110 Å². The second kappa shape index (κ2) is 27.5. The summed E-state index contributed by atoms with van der Waals surface area (Å²) in [6.07, 6.45) is 40.0. The van der Waals surface area contributed by atoms with Crippen LogP contribution in [0.5, 0.6) is 23.0 Å². The van der Waals surface area contributed by atoms with E-state index in [0.717, 1.165) is 119 Å². The van der Waals surface area contributed by atoms with Gasteiger partial charge in [0.05, 0.1) is 70.7 Å². The van der Waals surface area contributed by atoms with Crippen molar-refractivity contribution in [2.24, 2.45) is 43.6 Å². The Labute approximate surface area is 475 Å². The van der Waals surface area contributed by atoms with E-state index in [0.29, 0.717) is 69.5 Å². The van der Waals surface area contributed by atoms with Gasteiger partial charge in [-0.25, -0.2) is 20.0 Å². The average Bonchev–Trinajstić information content (AvgIpc) is 4.32. The molecule has 9 rings (SSSR count). The molecule has 0 aliphatic carbocycles. The third-order valence-corrected chi connectivity index (χ3v) is 15.2. The van der Waals surface area contributed by atoms with Gasteiger partial charge in [-0.15, -0.1) is 0 Å². The van der Waals surface area contributed by atoms with Crippen molar-refractivity contribution in [3.8, 4) is 23.0 Å². The van der Waals surface area contributed by atoms with Gasteiger partial charge in [-0.1, -0.05) is 154 Å². The summed E-state index contributed by atoms with van der Waals surface area (Å²) in [6, 6.07) is 32.9. The monoisotopic (exact) mass is 1060 g/mol. The fourth-order valence-corrected chi connectivity index (χ4v) is 9.55. The lowest BCUT2D eigenvalue weighted by atomic mass is 9.85. The van der Waals surface area contributed by atoms with Crippen molar-refractivity contribution < 1.29 is 18.9 Å². The molecule has 80 heavy (non-hydrogen) atoms. The lowest BCUT2D eigenvalue weighted by Crippen LogP contribution is -2.09. The molecule has 0 fully saturated rings. The van der Waals surface area contributed by atoms with Crippen LogP contribution < -0.4 is 18.9 Å². The number of benzene rings is 4. The Kier molecular flexibility index (Phi) is 19.4. The van der Waals surface area contributed by atoms with Crippen molar-refractivity contribution in [1.29, 1.82) is 0 Å². The highest BCUT2D eigenvalue weighted by Crippen LogP contribution is 2.51. The molecule has 5 heterocycles. The van der Waals surface area contributed by atoms with Crippen molar-refractivity contribution in [2.45, 2.75) is 107 Å². The first kappa shape index (κ1) is 56.4. The highest BCUT2D eigenvalue weighted by molar-refractivity contribution is 6.51. The fourth-order valence-electron chi connectivity index (χ4n) is 9.55. The maximum absolute atomic E-state index is 6.81. The number of hydrogen-bond acceptors (Lipinski definition) is 8. The molecule has 0 saturated heterocycles. The van der Waals surface area contributed by atoms with Crippen LogP contribution in [0.1, 0.15) is 129 Å². The number of hydrogen-bond donors (Lipinski definition) is 0. The molecule has 4 aromatic rings. The summed E-state index contributed by atoms with van der Waals surface area (Å²) in [5.74, 6) is 4.74. The minimum Gasteiger partial charge on any atom is -0.465 e. The van der Waals surface area contributed by atoms with Crippen LogP contribution in [0.25, 0.3) is 22.3 Å². The molecule has 0 radical (unpaired) electrons. The summed E-state index contributed by atoms with van der Waals surface area (Å²) in [6.45, 7) is 17.9. The number of para-hydroxylation sites is 4. The van der Waals surface area contributed by atoms with Gasteiger partial charge in [0, 0.05) is 44.5 Å². The minimum atomic E-state index is 0.503. The van der Waals surface area contributed by atoms with E-state index in [9.17, 15) is 0 Å². The van der Waals surface area contributed by atoms with Crippen LogP contribution in [0.4, 0.5) is 0 Å². The molecular formula is C72H76N4O4. The van der Waals surface area contributed by atoms with Gasteiger partial charge in [0.2, 0.25) is 0 Å². The van der Waals surface area contributed by atoms with E-state index in [-0.39, 0.29) is 0 Å². The molecule has 408 valence electrons. The molecule has 0 saturated carbocycles.